The van der Waals surface area contributed by atoms with Crippen molar-refractivity contribution in [2.75, 3.05) is 13.7 Å². The fraction of sp³-hybridized carbons (Fsp3) is 0.444. The molecule has 0 fully saturated rings. The zero-order chi connectivity index (χ0) is 17.2. The van der Waals surface area contributed by atoms with Gasteiger partial charge in [0.05, 0.1) is 20.3 Å². The first-order chi connectivity index (χ1) is 11.0. The Morgan fingerprint density at radius 3 is 2.39 bits per heavy atom. The van der Waals surface area contributed by atoms with Crippen molar-refractivity contribution < 1.29 is 23.8 Å². The van der Waals surface area contributed by atoms with E-state index in [9.17, 15) is 9.59 Å². The van der Waals surface area contributed by atoms with Gasteiger partial charge in [-0.25, -0.2) is 0 Å². The molecule has 0 aliphatic rings. The van der Waals surface area contributed by atoms with Gasteiger partial charge >= 0.3 is 5.97 Å². The van der Waals surface area contributed by atoms with Crippen molar-refractivity contribution in [3.63, 3.8) is 0 Å². The summed E-state index contributed by atoms with van der Waals surface area (Å²) in [5.41, 5.74) is 1.74. The van der Waals surface area contributed by atoms with Crippen LogP contribution in [0, 0.1) is 0 Å². The zero-order valence-electron chi connectivity index (χ0n) is 14.0. The summed E-state index contributed by atoms with van der Waals surface area (Å²) in [5, 5.41) is 0. The van der Waals surface area contributed by atoms with Gasteiger partial charge in [0.25, 0.3) is 0 Å². The van der Waals surface area contributed by atoms with E-state index in [-0.39, 0.29) is 25.4 Å². The number of hydrogen-bond donors (Lipinski definition) is 0. The maximum atomic E-state index is 12.2. The van der Waals surface area contributed by atoms with Gasteiger partial charge in [0.2, 0.25) is 0 Å². The predicted octanol–water partition coefficient (Wildman–Crippen LogP) is 3.07. The summed E-state index contributed by atoms with van der Waals surface area (Å²) in [6, 6.07) is 7.39. The van der Waals surface area contributed by atoms with Gasteiger partial charge in [-0.3, -0.25) is 9.59 Å². The lowest BCUT2D eigenvalue weighted by atomic mass is 10.1. The molecule has 0 heterocycles. The number of carbonyl (C=O) groups excluding carboxylic acids is 2. The summed E-state index contributed by atoms with van der Waals surface area (Å²) >= 11 is 0. The summed E-state index contributed by atoms with van der Waals surface area (Å²) in [4.78, 5) is 23.7. The van der Waals surface area contributed by atoms with Crippen LogP contribution in [0.15, 0.2) is 36.4 Å². The molecule has 23 heavy (non-hydrogen) atoms. The molecule has 0 aromatic heterocycles. The molecule has 5 nitrogen and oxygen atoms in total. The molecular formula is C18H24O5. The average Bonchev–Trinajstić information content (AvgIpc) is 2.51. The Bertz CT molecular complexity index is 533. The smallest absolute Gasteiger partial charge is 0.313 e. The summed E-state index contributed by atoms with van der Waals surface area (Å²) < 4.78 is 15.6. The van der Waals surface area contributed by atoms with Crippen LogP contribution < -0.4 is 4.74 Å². The van der Waals surface area contributed by atoms with Crippen LogP contribution in [-0.4, -0.2) is 31.6 Å². The van der Waals surface area contributed by atoms with Crippen LogP contribution in [-0.2, 0) is 25.7 Å². The van der Waals surface area contributed by atoms with E-state index in [0.717, 1.165) is 16.9 Å². The number of esters is 1. The number of ether oxygens (including phenoxy) is 3. The Hall–Kier alpha value is -2.14. The number of methoxy groups -OCH3 is 1. The average molecular weight is 320 g/mol. The number of Topliss-reactive ketones (excluding diaryl/α,β-unsaturated/α-hetero) is 1. The first kappa shape index (κ1) is 18.9. The lowest BCUT2D eigenvalue weighted by Crippen LogP contribution is -2.27. The van der Waals surface area contributed by atoms with Crippen molar-refractivity contribution in [1.82, 2.24) is 0 Å². The van der Waals surface area contributed by atoms with Crippen molar-refractivity contribution in [2.45, 2.75) is 39.4 Å². The summed E-state index contributed by atoms with van der Waals surface area (Å²) in [7, 11) is 1.60. The second-order valence-corrected chi connectivity index (χ2v) is 5.26. The molecule has 0 aliphatic carbocycles. The third-order valence-corrected chi connectivity index (χ3v) is 3.13. The second kappa shape index (κ2) is 9.79. The number of hydrogen-bond acceptors (Lipinski definition) is 5. The Morgan fingerprint density at radius 1 is 1.22 bits per heavy atom. The lowest BCUT2D eigenvalue weighted by molar-refractivity contribution is -0.148. The molecule has 0 spiro atoms. The number of ketones is 1. The monoisotopic (exact) mass is 320 g/mol. The van der Waals surface area contributed by atoms with E-state index in [2.05, 4.69) is 6.58 Å². The van der Waals surface area contributed by atoms with Crippen LogP contribution in [0.2, 0.25) is 0 Å². The lowest BCUT2D eigenvalue weighted by Gasteiger charge is -2.17. The van der Waals surface area contributed by atoms with Gasteiger partial charge in [-0.05, 0) is 31.5 Å². The molecule has 0 saturated heterocycles. The largest absolute Gasteiger partial charge is 0.497 e. The highest BCUT2D eigenvalue weighted by Crippen LogP contribution is 2.15. The molecule has 0 unspecified atom stereocenters. The van der Waals surface area contributed by atoms with E-state index >= 15 is 0 Å². The van der Waals surface area contributed by atoms with Crippen molar-refractivity contribution in [3.05, 3.63) is 42.0 Å². The summed E-state index contributed by atoms with van der Waals surface area (Å²) in [6.07, 6.45) is -0.595. The van der Waals surface area contributed by atoms with Gasteiger partial charge in [-0.15, -0.1) is 6.58 Å². The molecule has 126 valence electrons. The first-order valence-corrected chi connectivity index (χ1v) is 7.53. The third kappa shape index (κ3) is 7.10. The minimum absolute atomic E-state index is 0.254. The topological polar surface area (TPSA) is 61.8 Å². The Morgan fingerprint density at radius 2 is 1.87 bits per heavy atom. The SMILES string of the molecule is C=C(C)C[C@H](OCc1ccc(OC)cc1)C(=O)CC(=O)OCC. The molecular weight excluding hydrogens is 296 g/mol. The highest BCUT2D eigenvalue weighted by Gasteiger charge is 2.22. The molecule has 1 aromatic carbocycles. The van der Waals surface area contributed by atoms with E-state index in [0.29, 0.717) is 6.42 Å². The third-order valence-electron chi connectivity index (χ3n) is 3.13. The molecule has 1 atom stereocenters. The fourth-order valence-corrected chi connectivity index (χ4v) is 1.97. The van der Waals surface area contributed by atoms with Crippen molar-refractivity contribution in [1.29, 1.82) is 0 Å². The quantitative estimate of drug-likeness (QED) is 0.377. The fourth-order valence-electron chi connectivity index (χ4n) is 1.97. The van der Waals surface area contributed by atoms with Crippen LogP contribution >= 0.6 is 0 Å². The van der Waals surface area contributed by atoms with Crippen molar-refractivity contribution in [3.8, 4) is 5.75 Å². The zero-order valence-corrected chi connectivity index (χ0v) is 14.0. The van der Waals surface area contributed by atoms with Gasteiger partial charge in [0.15, 0.2) is 5.78 Å². The van der Waals surface area contributed by atoms with E-state index in [1.807, 2.05) is 31.2 Å². The van der Waals surface area contributed by atoms with E-state index < -0.39 is 12.1 Å². The minimum atomic E-state index is -0.695. The Labute approximate surface area is 137 Å². The standard InChI is InChI=1S/C18H24O5/c1-5-22-18(20)11-16(19)17(10-13(2)3)23-12-14-6-8-15(21-4)9-7-14/h6-9,17H,2,5,10-12H2,1,3-4H3/t17-/m0/s1. The van der Waals surface area contributed by atoms with Gasteiger partial charge in [0, 0.05) is 6.42 Å². The molecule has 0 amide bonds. The second-order valence-electron chi connectivity index (χ2n) is 5.26. The summed E-state index contributed by atoms with van der Waals surface area (Å²) in [5.74, 6) is -0.0668. The molecule has 0 saturated carbocycles. The Kier molecular flexibility index (Phi) is 8.05. The number of benzene rings is 1. The summed E-state index contributed by atoms with van der Waals surface area (Å²) in [6.45, 7) is 7.86. The molecule has 0 bridgehead atoms. The Balaban J connectivity index is 2.64. The maximum Gasteiger partial charge on any atom is 0.313 e. The van der Waals surface area contributed by atoms with Crippen LogP contribution in [0.25, 0.3) is 0 Å². The molecule has 0 N–H and O–H groups in total. The van der Waals surface area contributed by atoms with E-state index in [1.165, 1.54) is 0 Å². The van der Waals surface area contributed by atoms with Crippen molar-refractivity contribution >= 4 is 11.8 Å². The predicted molar refractivity (Wildman–Crippen MR) is 87.3 cm³/mol. The maximum absolute atomic E-state index is 12.2. The number of rotatable bonds is 10. The molecule has 1 aromatic rings. The van der Waals surface area contributed by atoms with Crippen molar-refractivity contribution in [2.24, 2.45) is 0 Å². The van der Waals surface area contributed by atoms with Crippen LogP contribution in [0.3, 0.4) is 0 Å². The molecule has 1 rings (SSSR count). The van der Waals surface area contributed by atoms with Gasteiger partial charge in [-0.2, -0.15) is 0 Å². The normalized spacial score (nSPS) is 11.6. The first-order valence-electron chi connectivity index (χ1n) is 7.53. The van der Waals surface area contributed by atoms with Gasteiger partial charge < -0.3 is 14.2 Å². The number of carbonyl (C=O) groups is 2. The highest BCUT2D eigenvalue weighted by atomic mass is 16.5. The highest BCUT2D eigenvalue weighted by molar-refractivity contribution is 5.98. The minimum Gasteiger partial charge on any atom is -0.497 e. The van der Waals surface area contributed by atoms with Crippen LogP contribution in [0.4, 0.5) is 0 Å². The van der Waals surface area contributed by atoms with Crippen LogP contribution in [0.1, 0.15) is 32.3 Å². The van der Waals surface area contributed by atoms with E-state index in [1.54, 1.807) is 14.0 Å². The molecule has 0 aliphatic heterocycles. The van der Waals surface area contributed by atoms with E-state index in [4.69, 9.17) is 14.2 Å². The van der Waals surface area contributed by atoms with Gasteiger partial charge in [-0.1, -0.05) is 17.7 Å². The van der Waals surface area contributed by atoms with Gasteiger partial charge in [0.1, 0.15) is 18.3 Å². The van der Waals surface area contributed by atoms with Crippen LogP contribution in [0.5, 0.6) is 5.75 Å². The molecule has 0 radical (unpaired) electrons. The molecule has 5 heteroatoms.